The maximum Gasteiger partial charge on any atom is 0.321 e. The first-order chi connectivity index (χ1) is 15.1. The molecule has 0 unspecified atom stereocenters. The number of benzene rings is 2. The molecule has 0 aromatic heterocycles. The van der Waals surface area contributed by atoms with Crippen LogP contribution in [0.25, 0.3) is 0 Å². The van der Waals surface area contributed by atoms with Crippen LogP contribution in [0.2, 0.25) is 0 Å². The molecule has 2 aliphatic heterocycles. The Balaban J connectivity index is 1.27. The highest BCUT2D eigenvalue weighted by Gasteiger charge is 2.32. The van der Waals surface area contributed by atoms with Gasteiger partial charge >= 0.3 is 6.03 Å². The molecule has 6 heteroatoms. The Kier molecular flexibility index (Phi) is 6.87. The predicted octanol–water partition coefficient (Wildman–Crippen LogP) is 3.58. The molecule has 0 aliphatic carbocycles. The number of nitrogens with zero attached hydrogens (tertiary/aromatic N) is 3. The van der Waals surface area contributed by atoms with Crippen molar-refractivity contribution in [3.63, 3.8) is 0 Å². The number of amides is 3. The second-order valence-electron chi connectivity index (χ2n) is 8.67. The number of carbonyl (C=O) groups excluding carboxylic acids is 2. The molecule has 0 radical (unpaired) electrons. The third kappa shape index (κ3) is 5.64. The lowest BCUT2D eigenvalue weighted by molar-refractivity contribution is -0.138. The van der Waals surface area contributed by atoms with E-state index in [1.54, 1.807) is 4.90 Å². The number of rotatable bonds is 4. The Morgan fingerprint density at radius 2 is 1.71 bits per heavy atom. The lowest BCUT2D eigenvalue weighted by Gasteiger charge is -2.39. The average Bonchev–Trinajstić information content (AvgIpc) is 2.80. The Labute approximate surface area is 184 Å². The van der Waals surface area contributed by atoms with E-state index < -0.39 is 0 Å². The van der Waals surface area contributed by atoms with Crippen LogP contribution < -0.4 is 5.32 Å². The zero-order valence-corrected chi connectivity index (χ0v) is 18.3. The van der Waals surface area contributed by atoms with Crippen LogP contribution in [-0.4, -0.2) is 65.9 Å². The third-order valence-corrected chi connectivity index (χ3v) is 6.26. The molecule has 31 heavy (non-hydrogen) atoms. The fraction of sp³-hybridized carbons (Fsp3) is 0.440. The smallest absolute Gasteiger partial charge is 0.321 e. The molecule has 0 spiro atoms. The molecule has 1 N–H and O–H groups in total. The highest BCUT2D eigenvalue weighted by molar-refractivity contribution is 5.90. The quantitative estimate of drug-likeness (QED) is 0.823. The molecule has 3 amide bonds. The minimum Gasteiger partial charge on any atom is -0.340 e. The Hall–Kier alpha value is -2.86. The lowest BCUT2D eigenvalue weighted by atomic mass is 9.96. The molecule has 2 heterocycles. The number of piperidine rings is 1. The van der Waals surface area contributed by atoms with E-state index in [1.165, 1.54) is 11.1 Å². The van der Waals surface area contributed by atoms with Gasteiger partial charge in [0, 0.05) is 51.5 Å². The highest BCUT2D eigenvalue weighted by Crippen LogP contribution is 2.21. The maximum atomic E-state index is 13.1. The molecule has 2 aromatic rings. The van der Waals surface area contributed by atoms with E-state index in [-0.39, 0.29) is 17.9 Å². The van der Waals surface area contributed by atoms with E-state index in [2.05, 4.69) is 41.4 Å². The van der Waals surface area contributed by atoms with Gasteiger partial charge in [0.25, 0.3) is 0 Å². The number of carbonyl (C=O) groups is 2. The molecule has 2 saturated heterocycles. The largest absolute Gasteiger partial charge is 0.340 e. The summed E-state index contributed by atoms with van der Waals surface area (Å²) in [6, 6.07) is 18.0. The van der Waals surface area contributed by atoms with Crippen molar-refractivity contribution in [1.82, 2.24) is 14.7 Å². The Morgan fingerprint density at radius 1 is 0.935 bits per heavy atom. The van der Waals surface area contributed by atoms with Crippen LogP contribution in [0.5, 0.6) is 0 Å². The summed E-state index contributed by atoms with van der Waals surface area (Å²) >= 11 is 0. The van der Waals surface area contributed by atoms with Crippen molar-refractivity contribution in [2.45, 2.75) is 26.3 Å². The number of hydrogen-bond acceptors (Lipinski definition) is 3. The summed E-state index contributed by atoms with van der Waals surface area (Å²) in [6.45, 7) is 7.56. The minimum absolute atomic E-state index is 0.0985. The summed E-state index contributed by atoms with van der Waals surface area (Å²) in [6.07, 6.45) is 1.73. The molecule has 1 atom stereocenters. The predicted molar refractivity (Wildman–Crippen MR) is 123 cm³/mol. The van der Waals surface area contributed by atoms with Crippen molar-refractivity contribution in [2.75, 3.05) is 44.6 Å². The van der Waals surface area contributed by atoms with E-state index in [0.717, 1.165) is 51.3 Å². The fourth-order valence-electron chi connectivity index (χ4n) is 4.54. The van der Waals surface area contributed by atoms with E-state index in [1.807, 2.05) is 35.2 Å². The average molecular weight is 421 g/mol. The first kappa shape index (κ1) is 21.4. The van der Waals surface area contributed by atoms with Crippen LogP contribution in [0, 0.1) is 12.8 Å². The van der Waals surface area contributed by atoms with Gasteiger partial charge in [0.1, 0.15) is 0 Å². The molecule has 0 saturated carbocycles. The number of piperazine rings is 1. The minimum atomic E-state index is -0.119. The van der Waals surface area contributed by atoms with Gasteiger partial charge in [-0.1, -0.05) is 48.0 Å². The highest BCUT2D eigenvalue weighted by atomic mass is 16.2. The zero-order chi connectivity index (χ0) is 21.6. The summed E-state index contributed by atoms with van der Waals surface area (Å²) in [7, 11) is 0. The number of likely N-dealkylation sites (tertiary alicyclic amines) is 1. The van der Waals surface area contributed by atoms with Gasteiger partial charge in [0.15, 0.2) is 0 Å². The Morgan fingerprint density at radius 3 is 2.45 bits per heavy atom. The molecule has 2 fully saturated rings. The number of nitrogens with one attached hydrogen (secondary N) is 1. The van der Waals surface area contributed by atoms with Crippen molar-refractivity contribution in [3.05, 3.63) is 65.7 Å². The van der Waals surface area contributed by atoms with Crippen LogP contribution in [0.1, 0.15) is 24.0 Å². The molecule has 2 aromatic carbocycles. The van der Waals surface area contributed by atoms with Crippen LogP contribution in [-0.2, 0) is 11.3 Å². The van der Waals surface area contributed by atoms with E-state index in [9.17, 15) is 9.59 Å². The summed E-state index contributed by atoms with van der Waals surface area (Å²) in [5.41, 5.74) is 3.39. The first-order valence-corrected chi connectivity index (χ1v) is 11.3. The fourth-order valence-corrected chi connectivity index (χ4v) is 4.54. The first-order valence-electron chi connectivity index (χ1n) is 11.3. The van der Waals surface area contributed by atoms with Gasteiger partial charge in [-0.15, -0.1) is 0 Å². The molecular formula is C25H32N4O2. The normalized spacial score (nSPS) is 19.8. The van der Waals surface area contributed by atoms with Crippen molar-refractivity contribution < 1.29 is 9.59 Å². The maximum absolute atomic E-state index is 13.1. The Bertz CT molecular complexity index is 893. The third-order valence-electron chi connectivity index (χ3n) is 6.26. The second kappa shape index (κ2) is 9.96. The molecule has 4 rings (SSSR count). The van der Waals surface area contributed by atoms with Gasteiger partial charge in [-0.05, 0) is 37.5 Å². The molecule has 6 nitrogen and oxygen atoms in total. The van der Waals surface area contributed by atoms with E-state index >= 15 is 0 Å². The number of para-hydroxylation sites is 1. The second-order valence-corrected chi connectivity index (χ2v) is 8.67. The van der Waals surface area contributed by atoms with Crippen molar-refractivity contribution in [2.24, 2.45) is 5.92 Å². The number of anilines is 1. The van der Waals surface area contributed by atoms with Gasteiger partial charge in [-0.25, -0.2) is 4.79 Å². The van der Waals surface area contributed by atoms with Gasteiger partial charge in [-0.2, -0.15) is 0 Å². The topological polar surface area (TPSA) is 55.9 Å². The molecule has 0 bridgehead atoms. The molecular weight excluding hydrogens is 388 g/mol. The molecule has 164 valence electrons. The summed E-state index contributed by atoms with van der Waals surface area (Å²) in [5, 5.41) is 2.94. The number of aryl methyl sites for hydroxylation is 1. The standard InChI is InChI=1S/C25H32N4O2/c1-20-7-5-8-21(17-20)18-27-13-15-28(16-14-27)24(30)22-9-6-12-29(19-22)25(31)26-23-10-3-2-4-11-23/h2-5,7-8,10-11,17,22H,6,9,12-16,18-19H2,1H3,(H,26,31)/t22-/m0/s1. The SMILES string of the molecule is Cc1cccc(CN2CCN(C(=O)[C@H]3CCCN(C(=O)Nc4ccccc4)C3)CC2)c1. The van der Waals surface area contributed by atoms with Gasteiger partial charge in [0.2, 0.25) is 5.91 Å². The summed E-state index contributed by atoms with van der Waals surface area (Å²) in [5.74, 6) is 0.103. The van der Waals surface area contributed by atoms with Crippen molar-refractivity contribution in [1.29, 1.82) is 0 Å². The lowest BCUT2D eigenvalue weighted by Crippen LogP contribution is -2.53. The zero-order valence-electron chi connectivity index (χ0n) is 18.3. The summed E-state index contributed by atoms with van der Waals surface area (Å²) < 4.78 is 0. The van der Waals surface area contributed by atoms with E-state index in [0.29, 0.717) is 13.1 Å². The van der Waals surface area contributed by atoms with Gasteiger partial charge in [0.05, 0.1) is 5.92 Å². The monoisotopic (exact) mass is 420 g/mol. The van der Waals surface area contributed by atoms with Gasteiger partial charge < -0.3 is 15.1 Å². The van der Waals surface area contributed by atoms with Crippen LogP contribution in [0.3, 0.4) is 0 Å². The van der Waals surface area contributed by atoms with E-state index in [4.69, 9.17) is 0 Å². The van der Waals surface area contributed by atoms with Crippen molar-refractivity contribution >= 4 is 17.6 Å². The van der Waals surface area contributed by atoms with Crippen LogP contribution in [0.4, 0.5) is 10.5 Å². The van der Waals surface area contributed by atoms with Crippen LogP contribution >= 0.6 is 0 Å². The summed E-state index contributed by atoms with van der Waals surface area (Å²) in [4.78, 5) is 32.0. The number of urea groups is 1. The van der Waals surface area contributed by atoms with Crippen LogP contribution in [0.15, 0.2) is 54.6 Å². The molecule has 2 aliphatic rings. The number of hydrogen-bond donors (Lipinski definition) is 1. The van der Waals surface area contributed by atoms with Crippen molar-refractivity contribution in [3.8, 4) is 0 Å². The van der Waals surface area contributed by atoms with Gasteiger partial charge in [-0.3, -0.25) is 9.69 Å².